The van der Waals surface area contributed by atoms with Gasteiger partial charge in [0.2, 0.25) is 10.0 Å². The molecule has 1 aromatic rings. The van der Waals surface area contributed by atoms with Gasteiger partial charge < -0.3 is 15.4 Å². The lowest BCUT2D eigenvalue weighted by Gasteiger charge is -2.17. The van der Waals surface area contributed by atoms with Gasteiger partial charge in [-0.3, -0.25) is 4.99 Å². The van der Waals surface area contributed by atoms with E-state index in [0.29, 0.717) is 31.8 Å². The zero-order valence-electron chi connectivity index (χ0n) is 16.7. The van der Waals surface area contributed by atoms with E-state index in [2.05, 4.69) is 20.3 Å². The highest BCUT2D eigenvalue weighted by Crippen LogP contribution is 2.19. The van der Waals surface area contributed by atoms with Gasteiger partial charge in [-0.05, 0) is 37.6 Å². The van der Waals surface area contributed by atoms with Gasteiger partial charge in [0.1, 0.15) is 0 Å². The predicted molar refractivity (Wildman–Crippen MR) is 124 cm³/mol. The summed E-state index contributed by atoms with van der Waals surface area (Å²) in [5.74, 6) is 0.700. The van der Waals surface area contributed by atoms with Crippen LogP contribution in [0.15, 0.2) is 34.2 Å². The number of aliphatic imine (C=N–C) groups is 1. The summed E-state index contributed by atoms with van der Waals surface area (Å²) in [4.78, 5) is 4.46. The smallest absolute Gasteiger partial charge is 0.240 e. The Balaban J connectivity index is 0.00000392. The average molecular weight is 524 g/mol. The molecule has 7 nitrogen and oxygen atoms in total. The molecule has 1 saturated carbocycles. The minimum absolute atomic E-state index is 0. The Morgan fingerprint density at radius 1 is 1.11 bits per heavy atom. The molecule has 0 bridgehead atoms. The van der Waals surface area contributed by atoms with Crippen LogP contribution in [0.2, 0.25) is 0 Å². The molecular weight excluding hydrogens is 491 g/mol. The van der Waals surface area contributed by atoms with Crippen molar-refractivity contribution in [2.45, 2.75) is 56.1 Å². The first kappa shape index (κ1) is 25.1. The Morgan fingerprint density at radius 3 is 2.32 bits per heavy atom. The van der Waals surface area contributed by atoms with Gasteiger partial charge in [0.15, 0.2) is 5.96 Å². The lowest BCUT2D eigenvalue weighted by Crippen LogP contribution is -2.38. The van der Waals surface area contributed by atoms with Crippen molar-refractivity contribution in [2.75, 3.05) is 27.2 Å². The van der Waals surface area contributed by atoms with Crippen LogP contribution < -0.4 is 15.4 Å². The maximum absolute atomic E-state index is 11.7. The van der Waals surface area contributed by atoms with Gasteiger partial charge in [-0.2, -0.15) is 0 Å². The standard InChI is InChI=1S/C19H32N4O3S.HI/c1-20-19(22-13-14-26-17-7-5-3-4-6-8-17)23-15-16-9-11-18(12-10-16)27(24,25)21-2;/h9-12,17,21H,3-8,13-15H2,1-2H3,(H2,20,22,23);1H. The lowest BCUT2D eigenvalue weighted by atomic mass is 10.1. The number of nitrogens with one attached hydrogen (secondary N) is 3. The number of hydrogen-bond acceptors (Lipinski definition) is 4. The quantitative estimate of drug-likeness (QED) is 0.160. The molecule has 0 unspecified atom stereocenters. The molecule has 1 aliphatic carbocycles. The van der Waals surface area contributed by atoms with E-state index >= 15 is 0 Å². The number of ether oxygens (including phenoxy) is 1. The van der Waals surface area contributed by atoms with E-state index < -0.39 is 10.0 Å². The molecule has 1 aromatic carbocycles. The lowest BCUT2D eigenvalue weighted by molar-refractivity contribution is 0.0468. The van der Waals surface area contributed by atoms with E-state index in [-0.39, 0.29) is 28.9 Å². The molecule has 1 aliphatic rings. The van der Waals surface area contributed by atoms with Gasteiger partial charge in [0, 0.05) is 20.1 Å². The molecule has 9 heteroatoms. The maximum Gasteiger partial charge on any atom is 0.240 e. The number of benzene rings is 1. The van der Waals surface area contributed by atoms with Crippen molar-refractivity contribution in [3.8, 4) is 0 Å². The van der Waals surface area contributed by atoms with Crippen LogP contribution in [0.25, 0.3) is 0 Å². The molecule has 160 valence electrons. The summed E-state index contributed by atoms with van der Waals surface area (Å²) in [7, 11) is -0.269. The second-order valence-electron chi connectivity index (χ2n) is 6.69. The molecule has 0 aromatic heterocycles. The minimum atomic E-state index is -3.40. The van der Waals surface area contributed by atoms with Crippen molar-refractivity contribution in [1.29, 1.82) is 0 Å². The molecule has 0 amide bonds. The molecule has 0 atom stereocenters. The fraction of sp³-hybridized carbons (Fsp3) is 0.632. The Kier molecular flexibility index (Phi) is 12.0. The van der Waals surface area contributed by atoms with E-state index in [0.717, 1.165) is 5.56 Å². The molecular formula is C19H33IN4O3S. The fourth-order valence-corrected chi connectivity index (χ4v) is 3.84. The third kappa shape index (κ3) is 8.62. The highest BCUT2D eigenvalue weighted by atomic mass is 127. The highest BCUT2D eigenvalue weighted by Gasteiger charge is 2.12. The van der Waals surface area contributed by atoms with Crippen molar-refractivity contribution in [2.24, 2.45) is 4.99 Å². The Morgan fingerprint density at radius 2 is 1.75 bits per heavy atom. The van der Waals surface area contributed by atoms with Gasteiger partial charge in [0.25, 0.3) is 0 Å². The van der Waals surface area contributed by atoms with Gasteiger partial charge in [-0.25, -0.2) is 13.1 Å². The number of hydrogen-bond donors (Lipinski definition) is 3. The number of halogens is 1. The fourth-order valence-electron chi connectivity index (χ4n) is 3.11. The summed E-state index contributed by atoms with van der Waals surface area (Å²) >= 11 is 0. The molecule has 0 spiro atoms. The number of guanidine groups is 1. The topological polar surface area (TPSA) is 91.8 Å². The second kappa shape index (κ2) is 13.3. The summed E-state index contributed by atoms with van der Waals surface area (Å²) in [5, 5.41) is 6.47. The highest BCUT2D eigenvalue weighted by molar-refractivity contribution is 14.0. The molecule has 3 N–H and O–H groups in total. The predicted octanol–water partition coefficient (Wildman–Crippen LogP) is 2.62. The minimum Gasteiger partial charge on any atom is -0.376 e. The molecule has 0 radical (unpaired) electrons. The van der Waals surface area contributed by atoms with E-state index in [9.17, 15) is 8.42 Å². The van der Waals surface area contributed by atoms with E-state index in [1.54, 1.807) is 31.3 Å². The summed E-state index contributed by atoms with van der Waals surface area (Å²) in [6, 6.07) is 6.78. The van der Waals surface area contributed by atoms with Crippen molar-refractivity contribution in [3.05, 3.63) is 29.8 Å². The second-order valence-corrected chi connectivity index (χ2v) is 8.57. The molecule has 28 heavy (non-hydrogen) atoms. The van der Waals surface area contributed by atoms with Crippen molar-refractivity contribution >= 4 is 40.0 Å². The Hall–Kier alpha value is -0.910. The van der Waals surface area contributed by atoms with Crippen LogP contribution >= 0.6 is 24.0 Å². The first-order valence-electron chi connectivity index (χ1n) is 9.64. The molecule has 0 heterocycles. The average Bonchev–Trinajstić information content (AvgIpc) is 2.96. The number of rotatable bonds is 8. The molecule has 2 rings (SSSR count). The van der Waals surface area contributed by atoms with Crippen LogP contribution in [0.1, 0.15) is 44.1 Å². The van der Waals surface area contributed by atoms with Crippen LogP contribution in [0.5, 0.6) is 0 Å². The van der Waals surface area contributed by atoms with E-state index in [1.807, 2.05) is 0 Å². The molecule has 0 saturated heterocycles. The summed E-state index contributed by atoms with van der Waals surface area (Å²) < 4.78 is 31.7. The Labute approximate surface area is 186 Å². The van der Waals surface area contributed by atoms with Gasteiger partial charge in [-0.15, -0.1) is 24.0 Å². The van der Waals surface area contributed by atoms with Crippen LogP contribution in [0, 0.1) is 0 Å². The van der Waals surface area contributed by atoms with Gasteiger partial charge in [0.05, 0.1) is 17.6 Å². The van der Waals surface area contributed by atoms with Crippen LogP contribution in [-0.2, 0) is 21.3 Å². The summed E-state index contributed by atoms with van der Waals surface area (Å²) in [6.07, 6.45) is 7.95. The van der Waals surface area contributed by atoms with Crippen molar-refractivity contribution in [1.82, 2.24) is 15.4 Å². The zero-order chi connectivity index (χ0) is 19.5. The van der Waals surface area contributed by atoms with E-state index in [4.69, 9.17) is 4.74 Å². The maximum atomic E-state index is 11.7. The summed E-state index contributed by atoms with van der Waals surface area (Å²) in [6.45, 7) is 1.93. The van der Waals surface area contributed by atoms with Crippen LogP contribution in [-0.4, -0.2) is 47.7 Å². The Bertz CT molecular complexity index is 688. The van der Waals surface area contributed by atoms with E-state index in [1.165, 1.54) is 45.6 Å². The van der Waals surface area contributed by atoms with Crippen molar-refractivity contribution in [3.63, 3.8) is 0 Å². The third-order valence-electron chi connectivity index (χ3n) is 4.74. The first-order valence-corrected chi connectivity index (χ1v) is 11.1. The third-order valence-corrected chi connectivity index (χ3v) is 6.17. The van der Waals surface area contributed by atoms with Gasteiger partial charge in [-0.1, -0.05) is 37.8 Å². The SMILES string of the molecule is CN=C(NCCOC1CCCCCC1)NCc1ccc(S(=O)(=O)NC)cc1.I. The monoisotopic (exact) mass is 524 g/mol. The largest absolute Gasteiger partial charge is 0.376 e. The number of sulfonamides is 1. The molecule has 1 fully saturated rings. The molecule has 0 aliphatic heterocycles. The number of nitrogens with zero attached hydrogens (tertiary/aromatic N) is 1. The first-order chi connectivity index (χ1) is 13.0. The van der Waals surface area contributed by atoms with Crippen molar-refractivity contribution < 1.29 is 13.2 Å². The van der Waals surface area contributed by atoms with Crippen LogP contribution in [0.4, 0.5) is 0 Å². The van der Waals surface area contributed by atoms with Crippen LogP contribution in [0.3, 0.4) is 0 Å². The summed E-state index contributed by atoms with van der Waals surface area (Å²) in [5.41, 5.74) is 0.975. The zero-order valence-corrected chi connectivity index (χ0v) is 19.9. The van der Waals surface area contributed by atoms with Gasteiger partial charge >= 0.3 is 0 Å². The normalized spacial score (nSPS) is 16.1.